The first-order chi connectivity index (χ1) is 11.6. The van der Waals surface area contributed by atoms with Gasteiger partial charge in [-0.1, -0.05) is 48.0 Å². The van der Waals surface area contributed by atoms with Crippen LogP contribution in [0.25, 0.3) is 21.7 Å². The number of benzene rings is 3. The number of carbonyl (C=O) groups is 1. The van der Waals surface area contributed by atoms with Crippen LogP contribution in [0.3, 0.4) is 0 Å². The van der Waals surface area contributed by atoms with Crippen LogP contribution in [-0.2, 0) is 0 Å². The summed E-state index contributed by atoms with van der Waals surface area (Å²) in [5.41, 5.74) is 2.30. The Morgan fingerprint density at radius 3 is 2.67 bits per heavy atom. The molecule has 1 N–H and O–H groups in total. The average Bonchev–Trinajstić information content (AvgIpc) is 3.03. The lowest BCUT2D eigenvalue weighted by molar-refractivity contribution is 0.0998. The summed E-state index contributed by atoms with van der Waals surface area (Å²) >= 11 is 6.10. The van der Waals surface area contributed by atoms with Gasteiger partial charge in [-0.3, -0.25) is 4.79 Å². The summed E-state index contributed by atoms with van der Waals surface area (Å²) in [4.78, 5) is 12.5. The maximum Gasteiger partial charge on any atom is 0.291 e. The summed E-state index contributed by atoms with van der Waals surface area (Å²) < 4.78 is 5.72. The fourth-order valence-electron chi connectivity index (χ4n) is 2.77. The molecule has 1 aromatic heterocycles. The summed E-state index contributed by atoms with van der Waals surface area (Å²) in [6.07, 6.45) is 0. The van der Waals surface area contributed by atoms with E-state index in [-0.39, 0.29) is 11.7 Å². The van der Waals surface area contributed by atoms with Crippen molar-refractivity contribution in [3.05, 3.63) is 77.0 Å². The lowest BCUT2D eigenvalue weighted by atomic mass is 10.1. The van der Waals surface area contributed by atoms with Gasteiger partial charge in [0, 0.05) is 16.1 Å². The minimum absolute atomic E-state index is 0.276. The summed E-state index contributed by atoms with van der Waals surface area (Å²) in [7, 11) is 0. The van der Waals surface area contributed by atoms with Crippen molar-refractivity contribution >= 4 is 44.9 Å². The molecular formula is C20H14ClNO2. The largest absolute Gasteiger partial charge is 0.451 e. The van der Waals surface area contributed by atoms with E-state index in [1.165, 1.54) is 0 Å². The Morgan fingerprint density at radius 2 is 1.83 bits per heavy atom. The number of rotatable bonds is 2. The monoisotopic (exact) mass is 335 g/mol. The van der Waals surface area contributed by atoms with Crippen LogP contribution in [0.15, 0.2) is 65.1 Å². The summed E-state index contributed by atoms with van der Waals surface area (Å²) in [6, 6.07) is 19.1. The van der Waals surface area contributed by atoms with Crippen molar-refractivity contribution in [3.8, 4) is 0 Å². The Hall–Kier alpha value is -2.78. The first kappa shape index (κ1) is 14.8. The average molecular weight is 336 g/mol. The number of amides is 1. The molecule has 0 atom stereocenters. The third kappa shape index (κ3) is 2.53. The molecule has 3 aromatic carbocycles. The molecule has 4 aromatic rings. The first-order valence-electron chi connectivity index (χ1n) is 7.60. The number of aryl methyl sites for hydroxylation is 1. The number of halogens is 1. The van der Waals surface area contributed by atoms with Gasteiger partial charge in [0.1, 0.15) is 5.58 Å². The lowest BCUT2D eigenvalue weighted by Crippen LogP contribution is -2.10. The van der Waals surface area contributed by atoms with E-state index in [1.54, 1.807) is 12.1 Å². The number of anilines is 1. The van der Waals surface area contributed by atoms with Gasteiger partial charge >= 0.3 is 0 Å². The van der Waals surface area contributed by atoms with Crippen LogP contribution < -0.4 is 5.32 Å². The zero-order valence-electron chi connectivity index (χ0n) is 13.0. The zero-order chi connectivity index (χ0) is 16.7. The molecule has 0 saturated carbocycles. The molecule has 0 aliphatic heterocycles. The van der Waals surface area contributed by atoms with E-state index in [9.17, 15) is 4.79 Å². The second kappa shape index (κ2) is 5.69. The number of furan rings is 1. The van der Waals surface area contributed by atoms with Crippen molar-refractivity contribution in [2.45, 2.75) is 6.92 Å². The van der Waals surface area contributed by atoms with Crippen LogP contribution in [0.5, 0.6) is 0 Å². The van der Waals surface area contributed by atoms with E-state index in [0.29, 0.717) is 16.3 Å². The van der Waals surface area contributed by atoms with E-state index >= 15 is 0 Å². The fourth-order valence-corrected chi connectivity index (χ4v) is 2.95. The molecule has 0 saturated heterocycles. The Morgan fingerprint density at radius 1 is 1.00 bits per heavy atom. The van der Waals surface area contributed by atoms with Crippen LogP contribution in [0.2, 0.25) is 5.02 Å². The molecule has 118 valence electrons. The highest BCUT2D eigenvalue weighted by atomic mass is 35.5. The van der Waals surface area contributed by atoms with Crippen LogP contribution >= 0.6 is 11.6 Å². The lowest BCUT2D eigenvalue weighted by Gasteiger charge is -2.05. The van der Waals surface area contributed by atoms with E-state index < -0.39 is 0 Å². The number of fused-ring (bicyclic) bond motifs is 3. The molecule has 0 spiro atoms. The van der Waals surface area contributed by atoms with Crippen LogP contribution in [0.1, 0.15) is 16.1 Å². The molecule has 0 radical (unpaired) electrons. The van der Waals surface area contributed by atoms with Gasteiger partial charge in [0.05, 0.1) is 0 Å². The smallest absolute Gasteiger partial charge is 0.291 e. The normalized spacial score (nSPS) is 11.1. The second-order valence-electron chi connectivity index (χ2n) is 5.73. The predicted molar refractivity (Wildman–Crippen MR) is 97.9 cm³/mol. The third-order valence-electron chi connectivity index (χ3n) is 4.08. The standard InChI is InChI=1S/C20H14ClNO2/c1-12-6-8-14(10-17(12)21)22-20(23)19-11-16-15-5-3-2-4-13(15)7-9-18(16)24-19/h2-11H,1H3,(H,22,23). The maximum absolute atomic E-state index is 12.5. The molecule has 0 fully saturated rings. The topological polar surface area (TPSA) is 42.2 Å². The first-order valence-corrected chi connectivity index (χ1v) is 7.98. The van der Waals surface area contributed by atoms with Gasteiger partial charge < -0.3 is 9.73 Å². The van der Waals surface area contributed by atoms with Crippen molar-refractivity contribution < 1.29 is 9.21 Å². The quantitative estimate of drug-likeness (QED) is 0.503. The van der Waals surface area contributed by atoms with Gasteiger partial charge in [-0.05, 0) is 47.5 Å². The molecule has 0 bridgehead atoms. The van der Waals surface area contributed by atoms with Crippen molar-refractivity contribution in [2.75, 3.05) is 5.32 Å². The highest BCUT2D eigenvalue weighted by Crippen LogP contribution is 2.28. The zero-order valence-corrected chi connectivity index (χ0v) is 13.7. The van der Waals surface area contributed by atoms with Gasteiger partial charge in [-0.15, -0.1) is 0 Å². The highest BCUT2D eigenvalue weighted by molar-refractivity contribution is 6.31. The van der Waals surface area contributed by atoms with Gasteiger partial charge in [0.15, 0.2) is 5.76 Å². The van der Waals surface area contributed by atoms with E-state index in [2.05, 4.69) is 5.32 Å². The van der Waals surface area contributed by atoms with Crippen molar-refractivity contribution in [2.24, 2.45) is 0 Å². The highest BCUT2D eigenvalue weighted by Gasteiger charge is 2.14. The van der Waals surface area contributed by atoms with Gasteiger partial charge in [-0.25, -0.2) is 0 Å². The summed E-state index contributed by atoms with van der Waals surface area (Å²) in [5, 5.41) is 6.54. The molecule has 24 heavy (non-hydrogen) atoms. The van der Waals surface area contributed by atoms with Crippen molar-refractivity contribution in [3.63, 3.8) is 0 Å². The van der Waals surface area contributed by atoms with Gasteiger partial charge in [0.25, 0.3) is 5.91 Å². The van der Waals surface area contributed by atoms with E-state index in [1.807, 2.05) is 55.5 Å². The van der Waals surface area contributed by atoms with Crippen LogP contribution in [0.4, 0.5) is 5.69 Å². The number of carbonyl (C=O) groups excluding carboxylic acids is 1. The number of nitrogens with one attached hydrogen (secondary N) is 1. The minimum Gasteiger partial charge on any atom is -0.451 e. The predicted octanol–water partition coefficient (Wildman–Crippen LogP) is 5.80. The Bertz CT molecular complexity index is 1080. The SMILES string of the molecule is Cc1ccc(NC(=O)c2cc3c(ccc4ccccc43)o2)cc1Cl. The Kier molecular flexibility index (Phi) is 3.51. The molecule has 4 rings (SSSR count). The van der Waals surface area contributed by atoms with Crippen molar-refractivity contribution in [1.29, 1.82) is 0 Å². The molecule has 0 aliphatic rings. The summed E-state index contributed by atoms with van der Waals surface area (Å²) in [5.74, 6) is -0.0201. The van der Waals surface area contributed by atoms with Crippen LogP contribution in [0, 0.1) is 6.92 Å². The molecular weight excluding hydrogens is 322 g/mol. The molecule has 0 aliphatic carbocycles. The van der Waals surface area contributed by atoms with E-state index in [4.69, 9.17) is 16.0 Å². The van der Waals surface area contributed by atoms with Crippen molar-refractivity contribution in [1.82, 2.24) is 0 Å². The van der Waals surface area contributed by atoms with Gasteiger partial charge in [0.2, 0.25) is 0 Å². The Balaban J connectivity index is 1.71. The van der Waals surface area contributed by atoms with Crippen LogP contribution in [-0.4, -0.2) is 5.91 Å². The second-order valence-corrected chi connectivity index (χ2v) is 6.13. The molecule has 4 heteroatoms. The minimum atomic E-state index is -0.296. The molecule has 1 amide bonds. The molecule has 0 unspecified atom stereocenters. The Labute approximate surface area is 143 Å². The molecule has 1 heterocycles. The fraction of sp³-hybridized carbons (Fsp3) is 0.0500. The number of hydrogen-bond acceptors (Lipinski definition) is 2. The maximum atomic E-state index is 12.5. The van der Waals surface area contributed by atoms with E-state index in [0.717, 1.165) is 21.7 Å². The van der Waals surface area contributed by atoms with Gasteiger partial charge in [-0.2, -0.15) is 0 Å². The number of hydrogen-bond donors (Lipinski definition) is 1. The molecule has 3 nitrogen and oxygen atoms in total. The third-order valence-corrected chi connectivity index (χ3v) is 4.49. The summed E-state index contributed by atoms with van der Waals surface area (Å²) in [6.45, 7) is 1.91.